The summed E-state index contributed by atoms with van der Waals surface area (Å²) in [6.45, 7) is 3.99. The lowest BCUT2D eigenvalue weighted by atomic mass is 10.0. The first-order valence-corrected chi connectivity index (χ1v) is 6.85. The van der Waals surface area contributed by atoms with Gasteiger partial charge in [-0.2, -0.15) is 0 Å². The Morgan fingerprint density at radius 1 is 0.833 bits per heavy atom. The average molecular weight is 238 g/mol. The van der Waals surface area contributed by atoms with Crippen molar-refractivity contribution in [3.63, 3.8) is 0 Å². The molecule has 2 atom stereocenters. The van der Waals surface area contributed by atoms with Crippen LogP contribution in [0.15, 0.2) is 72.9 Å². The fourth-order valence-corrected chi connectivity index (χ4v) is 2.50. The molecule has 0 aromatic rings. The van der Waals surface area contributed by atoms with Gasteiger partial charge in [0.15, 0.2) is 0 Å². The van der Waals surface area contributed by atoms with E-state index in [1.54, 1.807) is 0 Å². The molecule has 2 bridgehead atoms. The van der Waals surface area contributed by atoms with E-state index in [2.05, 4.69) is 67.3 Å². The Bertz CT molecular complexity index is 373. The predicted molar refractivity (Wildman–Crippen MR) is 80.3 cm³/mol. The van der Waals surface area contributed by atoms with Gasteiger partial charge < -0.3 is 0 Å². The minimum Gasteiger partial charge on any atom is -0.0992 e. The molecule has 4 rings (SSSR count). The number of allylic oxidation sites excluding steroid dienone is 11. The maximum Gasteiger partial charge on any atom is -0.00199 e. The lowest BCUT2D eigenvalue weighted by Gasteiger charge is -2.02. The van der Waals surface area contributed by atoms with E-state index in [-0.39, 0.29) is 0 Å². The predicted octanol–water partition coefficient (Wildman–Crippen LogP) is 5.14. The van der Waals surface area contributed by atoms with Gasteiger partial charge in [-0.3, -0.25) is 0 Å². The van der Waals surface area contributed by atoms with Gasteiger partial charge in [0, 0.05) is 0 Å². The highest BCUT2D eigenvalue weighted by Crippen LogP contribution is 2.41. The Morgan fingerprint density at radius 2 is 1.39 bits per heavy atom. The van der Waals surface area contributed by atoms with Gasteiger partial charge in [-0.15, -0.1) is 0 Å². The van der Waals surface area contributed by atoms with Gasteiger partial charge in [-0.05, 0) is 37.5 Å². The average Bonchev–Trinajstić information content (AvgIpc) is 3.17. The summed E-state index contributed by atoms with van der Waals surface area (Å²) in [6.07, 6.45) is 26.3. The van der Waals surface area contributed by atoms with Crippen molar-refractivity contribution in [2.24, 2.45) is 11.8 Å². The normalized spacial score (nSPS) is 28.3. The second kappa shape index (κ2) is 7.00. The highest BCUT2D eigenvalue weighted by atomic mass is 14.3. The molecule has 94 valence electrons. The van der Waals surface area contributed by atoms with E-state index in [9.17, 15) is 0 Å². The second-order valence-electron chi connectivity index (χ2n) is 5.03. The van der Waals surface area contributed by atoms with Crippen molar-refractivity contribution in [2.75, 3.05) is 0 Å². The highest BCUT2D eigenvalue weighted by molar-refractivity contribution is 5.24. The molecule has 18 heavy (non-hydrogen) atoms. The minimum atomic E-state index is 0.764. The Hall–Kier alpha value is -1.56. The molecule has 0 N–H and O–H groups in total. The molecule has 0 radical (unpaired) electrons. The van der Waals surface area contributed by atoms with Crippen LogP contribution in [0.1, 0.15) is 25.7 Å². The number of hydrogen-bond acceptors (Lipinski definition) is 0. The van der Waals surface area contributed by atoms with E-state index in [1.165, 1.54) is 18.4 Å². The van der Waals surface area contributed by atoms with E-state index >= 15 is 0 Å². The molecule has 2 unspecified atom stereocenters. The smallest absolute Gasteiger partial charge is 0.00199 e. The van der Waals surface area contributed by atoms with Gasteiger partial charge in [0.2, 0.25) is 0 Å². The molecule has 0 saturated heterocycles. The maximum absolute atomic E-state index is 3.99. The monoisotopic (exact) mass is 238 g/mol. The largest absolute Gasteiger partial charge is 0.0992 e. The Labute approximate surface area is 111 Å². The van der Waals surface area contributed by atoms with Crippen LogP contribution in [0, 0.1) is 11.8 Å². The molecule has 0 heteroatoms. The number of rotatable bonds is 0. The SMILES string of the molecule is C1=CCC=C1.C1=CCC=C1.C=C1CC2C=CC1C2. The van der Waals surface area contributed by atoms with Crippen LogP contribution in [-0.4, -0.2) is 0 Å². The third-order valence-corrected chi connectivity index (χ3v) is 3.53. The van der Waals surface area contributed by atoms with Crippen LogP contribution in [0.3, 0.4) is 0 Å². The van der Waals surface area contributed by atoms with Gasteiger partial charge in [0.25, 0.3) is 0 Å². The van der Waals surface area contributed by atoms with Crippen molar-refractivity contribution in [3.8, 4) is 0 Å². The lowest BCUT2D eigenvalue weighted by molar-refractivity contribution is 0.693. The zero-order valence-electron chi connectivity index (χ0n) is 11.0. The van der Waals surface area contributed by atoms with Crippen molar-refractivity contribution in [1.82, 2.24) is 0 Å². The molecule has 1 saturated carbocycles. The molecular weight excluding hydrogens is 216 g/mol. The first-order chi connectivity index (χ1) is 8.86. The van der Waals surface area contributed by atoms with Crippen LogP contribution in [-0.2, 0) is 0 Å². The summed E-state index contributed by atoms with van der Waals surface area (Å²) in [5.74, 6) is 1.63. The van der Waals surface area contributed by atoms with Crippen molar-refractivity contribution in [1.29, 1.82) is 0 Å². The third kappa shape index (κ3) is 4.03. The van der Waals surface area contributed by atoms with Crippen LogP contribution < -0.4 is 0 Å². The third-order valence-electron chi connectivity index (χ3n) is 3.53. The molecule has 0 heterocycles. The van der Waals surface area contributed by atoms with E-state index < -0.39 is 0 Å². The van der Waals surface area contributed by atoms with E-state index in [0.717, 1.165) is 24.7 Å². The fraction of sp³-hybridized carbons (Fsp3) is 0.333. The summed E-state index contributed by atoms with van der Waals surface area (Å²) in [5.41, 5.74) is 1.46. The summed E-state index contributed by atoms with van der Waals surface area (Å²) >= 11 is 0. The molecule has 4 aliphatic carbocycles. The van der Waals surface area contributed by atoms with Gasteiger partial charge >= 0.3 is 0 Å². The molecule has 0 nitrogen and oxygen atoms in total. The summed E-state index contributed by atoms with van der Waals surface area (Å²) in [4.78, 5) is 0. The van der Waals surface area contributed by atoms with E-state index in [0.29, 0.717) is 0 Å². The van der Waals surface area contributed by atoms with Crippen molar-refractivity contribution >= 4 is 0 Å². The van der Waals surface area contributed by atoms with Crippen LogP contribution in [0.5, 0.6) is 0 Å². The quantitative estimate of drug-likeness (QED) is 0.512. The van der Waals surface area contributed by atoms with Gasteiger partial charge in [0.1, 0.15) is 0 Å². The van der Waals surface area contributed by atoms with Crippen LogP contribution in [0.25, 0.3) is 0 Å². The zero-order chi connectivity index (χ0) is 12.6. The van der Waals surface area contributed by atoms with Gasteiger partial charge in [0.05, 0.1) is 0 Å². The van der Waals surface area contributed by atoms with Crippen LogP contribution >= 0.6 is 0 Å². The zero-order valence-corrected chi connectivity index (χ0v) is 11.0. The van der Waals surface area contributed by atoms with Gasteiger partial charge in [-0.25, -0.2) is 0 Å². The van der Waals surface area contributed by atoms with Crippen molar-refractivity contribution in [3.05, 3.63) is 72.9 Å². The first kappa shape index (κ1) is 12.9. The summed E-state index contributed by atoms with van der Waals surface area (Å²) in [5, 5.41) is 0. The van der Waals surface area contributed by atoms with E-state index in [4.69, 9.17) is 0 Å². The molecular formula is C18H22. The molecule has 0 aliphatic heterocycles. The molecule has 0 aromatic carbocycles. The van der Waals surface area contributed by atoms with Gasteiger partial charge in [-0.1, -0.05) is 72.9 Å². The molecule has 4 aliphatic rings. The number of fused-ring (bicyclic) bond motifs is 2. The molecule has 0 amide bonds. The summed E-state index contributed by atoms with van der Waals surface area (Å²) < 4.78 is 0. The topological polar surface area (TPSA) is 0 Å². The summed E-state index contributed by atoms with van der Waals surface area (Å²) in [7, 11) is 0. The van der Waals surface area contributed by atoms with E-state index in [1.807, 2.05) is 0 Å². The van der Waals surface area contributed by atoms with Crippen LogP contribution in [0.2, 0.25) is 0 Å². The second-order valence-corrected chi connectivity index (χ2v) is 5.03. The minimum absolute atomic E-state index is 0.764. The molecule has 0 aromatic heterocycles. The summed E-state index contributed by atoms with van der Waals surface area (Å²) in [6, 6.07) is 0. The maximum atomic E-state index is 3.99. The Balaban J connectivity index is 0.000000106. The first-order valence-electron chi connectivity index (χ1n) is 6.85. The molecule has 1 fully saturated rings. The number of hydrogen-bond donors (Lipinski definition) is 0. The standard InChI is InChI=1S/C8H10.2C5H6/c1-6-4-7-2-3-8(6)5-7;2*1-2-4-5-3-1/h2-3,7-8H,1,4-5H2;2*1-4H,5H2. The Morgan fingerprint density at radius 3 is 1.56 bits per heavy atom. The lowest BCUT2D eigenvalue weighted by Crippen LogP contribution is -1.88. The molecule has 0 spiro atoms. The Kier molecular flexibility index (Phi) is 5.01. The fourth-order valence-electron chi connectivity index (χ4n) is 2.50. The van der Waals surface area contributed by atoms with Crippen molar-refractivity contribution in [2.45, 2.75) is 25.7 Å². The van der Waals surface area contributed by atoms with Crippen LogP contribution in [0.4, 0.5) is 0 Å². The highest BCUT2D eigenvalue weighted by Gasteiger charge is 2.28. The van der Waals surface area contributed by atoms with Crippen molar-refractivity contribution < 1.29 is 0 Å².